The van der Waals surface area contributed by atoms with Crippen LogP contribution in [0.15, 0.2) is 0 Å². The molecule has 0 saturated carbocycles. The first kappa shape index (κ1) is 14.7. The highest BCUT2D eigenvalue weighted by Gasteiger charge is 2.31. The highest BCUT2D eigenvalue weighted by molar-refractivity contribution is 6.18. The van der Waals surface area contributed by atoms with Crippen molar-refractivity contribution in [1.29, 1.82) is 0 Å². The Balaban J connectivity index is 4.36. The summed E-state index contributed by atoms with van der Waals surface area (Å²) >= 11 is 5.87. The third-order valence-electron chi connectivity index (χ3n) is 2.48. The van der Waals surface area contributed by atoms with E-state index in [0.717, 1.165) is 0 Å². The Morgan fingerprint density at radius 3 is 2.00 bits per heavy atom. The molecule has 0 unspecified atom stereocenters. The van der Waals surface area contributed by atoms with Gasteiger partial charge in [0.25, 0.3) is 0 Å². The maximum absolute atomic E-state index is 10.8. The van der Waals surface area contributed by atoms with Crippen molar-refractivity contribution in [2.24, 2.45) is 5.41 Å². The van der Waals surface area contributed by atoms with Crippen LogP contribution >= 0.6 is 11.6 Å². The van der Waals surface area contributed by atoms with Gasteiger partial charge in [-0.15, -0.1) is 11.6 Å². The number of alkyl halides is 1. The monoisotopic (exact) mass is 238 g/mol. The summed E-state index contributed by atoms with van der Waals surface area (Å²) in [5.74, 6) is -0.519. The number of carbonyl (C=O) groups is 1. The van der Waals surface area contributed by atoms with Gasteiger partial charge in [-0.05, 0) is 18.3 Å². The second-order valence-corrected chi connectivity index (χ2v) is 3.96. The van der Waals surface area contributed by atoms with E-state index in [1.54, 1.807) is 14.2 Å². The summed E-state index contributed by atoms with van der Waals surface area (Å²) in [6.45, 7) is 1.04. The fraction of sp³-hybridized carbons (Fsp3) is 0.900. The maximum atomic E-state index is 10.8. The summed E-state index contributed by atoms with van der Waals surface area (Å²) in [4.78, 5) is 10.8. The lowest BCUT2D eigenvalue weighted by Gasteiger charge is -2.29. The summed E-state index contributed by atoms with van der Waals surface area (Å²) in [5, 5.41) is 8.84. The van der Waals surface area contributed by atoms with Crippen LogP contribution in [0.4, 0.5) is 0 Å². The minimum absolute atomic E-state index is 0.0587. The number of carboxylic acid groups (broad SMARTS) is 1. The van der Waals surface area contributed by atoms with E-state index in [2.05, 4.69) is 0 Å². The molecule has 0 saturated heterocycles. The molecule has 0 radical (unpaired) electrons. The average Bonchev–Trinajstić information content (AvgIpc) is 2.22. The van der Waals surface area contributed by atoms with Crippen LogP contribution in [0.2, 0.25) is 0 Å². The van der Waals surface area contributed by atoms with Crippen LogP contribution in [0, 0.1) is 5.41 Å². The fourth-order valence-electron chi connectivity index (χ4n) is 1.44. The van der Waals surface area contributed by atoms with Crippen molar-refractivity contribution < 1.29 is 19.4 Å². The molecule has 0 amide bonds. The first-order chi connectivity index (χ1) is 7.10. The normalized spacial score (nSPS) is 11.7. The Hall–Kier alpha value is -0.320. The Bertz CT molecular complexity index is 176. The summed E-state index contributed by atoms with van der Waals surface area (Å²) < 4.78 is 9.94. The highest BCUT2D eigenvalue weighted by Crippen LogP contribution is 2.32. The van der Waals surface area contributed by atoms with Gasteiger partial charge in [-0.3, -0.25) is 4.79 Å². The highest BCUT2D eigenvalue weighted by atomic mass is 35.5. The van der Waals surface area contributed by atoms with Gasteiger partial charge >= 0.3 is 5.97 Å². The second-order valence-electron chi connectivity index (χ2n) is 3.69. The quantitative estimate of drug-likeness (QED) is 0.622. The van der Waals surface area contributed by atoms with Gasteiger partial charge in [0, 0.05) is 33.3 Å². The van der Waals surface area contributed by atoms with Gasteiger partial charge in [0.2, 0.25) is 0 Å². The third-order valence-corrected chi connectivity index (χ3v) is 3.05. The first-order valence-corrected chi connectivity index (χ1v) is 5.39. The van der Waals surface area contributed by atoms with Gasteiger partial charge in [0.05, 0.1) is 6.42 Å². The summed E-state index contributed by atoms with van der Waals surface area (Å²) in [6, 6.07) is 0. The average molecular weight is 239 g/mol. The van der Waals surface area contributed by atoms with E-state index in [1.165, 1.54) is 0 Å². The Morgan fingerprint density at radius 1 is 1.27 bits per heavy atom. The number of methoxy groups -OCH3 is 2. The van der Waals surface area contributed by atoms with E-state index in [1.807, 2.05) is 0 Å². The summed E-state index contributed by atoms with van der Waals surface area (Å²) in [6.07, 6.45) is 1.34. The van der Waals surface area contributed by atoms with Crippen molar-refractivity contribution in [1.82, 2.24) is 0 Å². The number of hydrogen-bond donors (Lipinski definition) is 1. The van der Waals surface area contributed by atoms with Crippen molar-refractivity contribution in [3.63, 3.8) is 0 Å². The summed E-state index contributed by atoms with van der Waals surface area (Å²) in [7, 11) is 3.19. The number of hydrogen-bond acceptors (Lipinski definition) is 3. The number of halogens is 1. The van der Waals surface area contributed by atoms with Gasteiger partial charge in [-0.25, -0.2) is 0 Å². The van der Waals surface area contributed by atoms with E-state index >= 15 is 0 Å². The Morgan fingerprint density at radius 2 is 1.73 bits per heavy atom. The lowest BCUT2D eigenvalue weighted by Crippen LogP contribution is -2.29. The molecule has 0 fully saturated rings. The molecule has 0 rings (SSSR count). The predicted molar refractivity (Wildman–Crippen MR) is 58.4 cm³/mol. The molecule has 15 heavy (non-hydrogen) atoms. The van der Waals surface area contributed by atoms with Crippen LogP contribution < -0.4 is 0 Å². The molecule has 90 valence electrons. The van der Waals surface area contributed by atoms with Crippen molar-refractivity contribution >= 4 is 17.6 Å². The molecule has 0 aromatic heterocycles. The van der Waals surface area contributed by atoms with Crippen LogP contribution in [-0.2, 0) is 14.3 Å². The molecule has 0 aromatic rings. The zero-order valence-corrected chi connectivity index (χ0v) is 10.0. The molecule has 0 aromatic carbocycles. The van der Waals surface area contributed by atoms with Gasteiger partial charge in [-0.2, -0.15) is 0 Å². The van der Waals surface area contributed by atoms with E-state index in [9.17, 15) is 4.79 Å². The first-order valence-electron chi connectivity index (χ1n) is 4.86. The van der Waals surface area contributed by atoms with Gasteiger partial charge in [0.1, 0.15) is 0 Å². The Kier molecular flexibility index (Phi) is 7.74. The van der Waals surface area contributed by atoms with Crippen LogP contribution in [0.1, 0.15) is 19.3 Å². The lowest BCUT2D eigenvalue weighted by atomic mass is 9.80. The number of ether oxygens (including phenoxy) is 2. The molecular weight excluding hydrogens is 220 g/mol. The molecule has 5 heteroatoms. The molecular formula is C10H19ClO4. The van der Waals surface area contributed by atoms with Crippen molar-refractivity contribution in [2.75, 3.05) is 33.3 Å². The topological polar surface area (TPSA) is 55.8 Å². The number of aliphatic carboxylic acids is 1. The number of carboxylic acids is 1. The SMILES string of the molecule is COCCC(CCl)(CCOC)CC(=O)O. The standard InChI is InChI=1S/C10H19ClO4/c1-14-5-3-10(8-11,4-6-15-2)7-9(12)13/h3-8H2,1-2H3,(H,12,13). The van der Waals surface area contributed by atoms with Gasteiger partial charge < -0.3 is 14.6 Å². The maximum Gasteiger partial charge on any atom is 0.303 e. The zero-order valence-electron chi connectivity index (χ0n) is 9.29. The number of rotatable bonds is 9. The van der Waals surface area contributed by atoms with Crippen LogP contribution in [0.3, 0.4) is 0 Å². The van der Waals surface area contributed by atoms with Gasteiger partial charge in [-0.1, -0.05) is 0 Å². The van der Waals surface area contributed by atoms with Crippen LogP contribution in [0.5, 0.6) is 0 Å². The van der Waals surface area contributed by atoms with Crippen molar-refractivity contribution in [3.8, 4) is 0 Å². The lowest BCUT2D eigenvalue weighted by molar-refractivity contribution is -0.140. The molecule has 0 aliphatic carbocycles. The van der Waals surface area contributed by atoms with Gasteiger partial charge in [0.15, 0.2) is 0 Å². The molecule has 4 nitrogen and oxygen atoms in total. The fourth-order valence-corrected chi connectivity index (χ4v) is 1.80. The van der Waals surface area contributed by atoms with Crippen LogP contribution in [0.25, 0.3) is 0 Å². The molecule has 1 N–H and O–H groups in total. The molecule has 0 spiro atoms. The largest absolute Gasteiger partial charge is 0.481 e. The molecule has 0 heterocycles. The predicted octanol–water partition coefficient (Wildman–Crippen LogP) is 1.76. The van der Waals surface area contributed by atoms with E-state index in [4.69, 9.17) is 26.2 Å². The second kappa shape index (κ2) is 7.91. The zero-order chi connectivity index (χ0) is 11.7. The smallest absolute Gasteiger partial charge is 0.303 e. The molecule has 0 atom stereocenters. The molecule has 0 aliphatic heterocycles. The summed E-state index contributed by atoms with van der Waals surface area (Å²) in [5.41, 5.74) is -0.417. The Labute approximate surface area is 95.5 Å². The van der Waals surface area contributed by atoms with Crippen LogP contribution in [-0.4, -0.2) is 44.4 Å². The molecule has 0 aliphatic rings. The minimum atomic E-state index is -0.831. The van der Waals surface area contributed by atoms with Crippen molar-refractivity contribution in [3.05, 3.63) is 0 Å². The van der Waals surface area contributed by atoms with Crippen molar-refractivity contribution in [2.45, 2.75) is 19.3 Å². The third kappa shape index (κ3) is 5.97. The minimum Gasteiger partial charge on any atom is -0.481 e. The van der Waals surface area contributed by atoms with E-state index in [0.29, 0.717) is 31.9 Å². The van der Waals surface area contributed by atoms with E-state index in [-0.39, 0.29) is 6.42 Å². The van der Waals surface area contributed by atoms with E-state index < -0.39 is 11.4 Å². The molecule has 0 bridgehead atoms.